The number of hydrogen-bond acceptors (Lipinski definition) is 4. The van der Waals surface area contributed by atoms with E-state index < -0.39 is 0 Å². The summed E-state index contributed by atoms with van der Waals surface area (Å²) < 4.78 is 12.9. The third kappa shape index (κ3) is 3.56. The number of rotatable bonds is 5. The molecule has 0 fully saturated rings. The molecule has 0 aliphatic rings. The quantitative estimate of drug-likeness (QED) is 0.760. The Balaban J connectivity index is 1.60. The first-order valence-corrected chi connectivity index (χ1v) is 7.48. The Morgan fingerprint density at radius 3 is 2.82 bits per heavy atom. The Hall–Kier alpha value is -2.54. The van der Waals surface area contributed by atoms with Crippen LogP contribution in [-0.2, 0) is 13.0 Å². The van der Waals surface area contributed by atoms with E-state index >= 15 is 0 Å². The minimum Gasteiger partial charge on any atom is -0.346 e. The molecule has 2 aromatic heterocycles. The van der Waals surface area contributed by atoms with Crippen LogP contribution in [0.3, 0.4) is 0 Å². The summed E-state index contributed by atoms with van der Waals surface area (Å²) in [6.45, 7) is 0.393. The zero-order chi connectivity index (χ0) is 15.4. The standard InChI is InChI=1S/C15H13FN4OS/c16-11-3-1-10(2-4-11)7-14-17-9-13(22-14)15(21)18-8-12-5-6-19-20-12/h1-6,9H,7-8H2,(H,18,21)(H,19,20). The molecule has 0 atom stereocenters. The van der Waals surface area contributed by atoms with Crippen LogP contribution in [0.4, 0.5) is 4.39 Å². The summed E-state index contributed by atoms with van der Waals surface area (Å²) in [4.78, 5) is 16.8. The minimum absolute atomic E-state index is 0.169. The Morgan fingerprint density at radius 2 is 2.09 bits per heavy atom. The summed E-state index contributed by atoms with van der Waals surface area (Å²) in [5.74, 6) is -0.431. The monoisotopic (exact) mass is 316 g/mol. The van der Waals surface area contributed by atoms with E-state index in [2.05, 4.69) is 20.5 Å². The van der Waals surface area contributed by atoms with Crippen molar-refractivity contribution in [1.29, 1.82) is 0 Å². The number of aromatic nitrogens is 3. The molecule has 0 unspecified atom stereocenters. The van der Waals surface area contributed by atoms with E-state index in [9.17, 15) is 9.18 Å². The molecule has 1 aromatic carbocycles. The van der Waals surface area contributed by atoms with Crippen molar-refractivity contribution in [2.45, 2.75) is 13.0 Å². The zero-order valence-electron chi connectivity index (χ0n) is 11.5. The third-order valence-electron chi connectivity index (χ3n) is 3.04. The fraction of sp³-hybridized carbons (Fsp3) is 0.133. The molecule has 0 radical (unpaired) electrons. The summed E-state index contributed by atoms with van der Waals surface area (Å²) in [7, 11) is 0. The summed E-state index contributed by atoms with van der Waals surface area (Å²) in [5, 5.41) is 10.2. The van der Waals surface area contributed by atoms with Gasteiger partial charge in [-0.1, -0.05) is 12.1 Å². The number of carbonyl (C=O) groups excluding carboxylic acids is 1. The number of benzene rings is 1. The normalized spacial score (nSPS) is 10.6. The smallest absolute Gasteiger partial charge is 0.263 e. The summed E-state index contributed by atoms with van der Waals surface area (Å²) in [5.41, 5.74) is 1.80. The van der Waals surface area contributed by atoms with Crippen LogP contribution in [0.15, 0.2) is 42.7 Å². The van der Waals surface area contributed by atoms with Crippen LogP contribution in [0, 0.1) is 5.82 Å². The molecule has 5 nitrogen and oxygen atoms in total. The fourth-order valence-electron chi connectivity index (χ4n) is 1.92. The van der Waals surface area contributed by atoms with Gasteiger partial charge in [0, 0.05) is 12.6 Å². The summed E-state index contributed by atoms with van der Waals surface area (Å²) in [6, 6.07) is 8.07. The molecule has 2 N–H and O–H groups in total. The SMILES string of the molecule is O=C(NCc1ccn[nH]1)c1cnc(Cc2ccc(F)cc2)s1. The molecule has 0 aliphatic carbocycles. The molecule has 22 heavy (non-hydrogen) atoms. The number of nitrogens with zero attached hydrogens (tertiary/aromatic N) is 2. The van der Waals surface area contributed by atoms with Crippen LogP contribution in [0.1, 0.15) is 25.9 Å². The lowest BCUT2D eigenvalue weighted by molar-refractivity contribution is 0.0954. The van der Waals surface area contributed by atoms with E-state index in [-0.39, 0.29) is 11.7 Å². The predicted molar refractivity (Wildman–Crippen MR) is 81.1 cm³/mol. The molecule has 1 amide bonds. The van der Waals surface area contributed by atoms with E-state index in [1.807, 2.05) is 0 Å². The summed E-state index contributed by atoms with van der Waals surface area (Å²) in [6.07, 6.45) is 3.78. The van der Waals surface area contributed by atoms with E-state index in [0.717, 1.165) is 16.3 Å². The molecule has 112 valence electrons. The van der Waals surface area contributed by atoms with Crippen molar-refractivity contribution in [3.8, 4) is 0 Å². The lowest BCUT2D eigenvalue weighted by Crippen LogP contribution is -2.21. The Labute approximate surface area is 130 Å². The van der Waals surface area contributed by atoms with E-state index in [1.54, 1.807) is 30.6 Å². The molecule has 3 rings (SSSR count). The van der Waals surface area contributed by atoms with Crippen molar-refractivity contribution >= 4 is 17.2 Å². The van der Waals surface area contributed by atoms with Crippen LogP contribution >= 0.6 is 11.3 Å². The van der Waals surface area contributed by atoms with Gasteiger partial charge in [-0.3, -0.25) is 9.89 Å². The molecular weight excluding hydrogens is 303 g/mol. The summed E-state index contributed by atoms with van der Waals surface area (Å²) >= 11 is 1.33. The van der Waals surface area contributed by atoms with Crippen molar-refractivity contribution < 1.29 is 9.18 Å². The topological polar surface area (TPSA) is 70.7 Å². The molecule has 0 saturated heterocycles. The van der Waals surface area contributed by atoms with Crippen molar-refractivity contribution in [2.24, 2.45) is 0 Å². The van der Waals surface area contributed by atoms with Crippen molar-refractivity contribution in [2.75, 3.05) is 0 Å². The molecule has 0 aliphatic heterocycles. The first-order chi connectivity index (χ1) is 10.7. The number of thiazole rings is 1. The highest BCUT2D eigenvalue weighted by atomic mass is 32.1. The maximum atomic E-state index is 12.9. The van der Waals surface area contributed by atoms with Crippen LogP contribution in [-0.4, -0.2) is 21.1 Å². The maximum Gasteiger partial charge on any atom is 0.263 e. The van der Waals surface area contributed by atoms with Crippen LogP contribution < -0.4 is 5.32 Å². The number of nitrogens with one attached hydrogen (secondary N) is 2. The van der Waals surface area contributed by atoms with E-state index in [4.69, 9.17) is 0 Å². The van der Waals surface area contributed by atoms with Crippen molar-refractivity contribution in [3.63, 3.8) is 0 Å². The van der Waals surface area contributed by atoms with Gasteiger partial charge in [-0.25, -0.2) is 9.37 Å². The first kappa shape index (κ1) is 14.4. The second-order valence-electron chi connectivity index (χ2n) is 4.69. The third-order valence-corrected chi connectivity index (χ3v) is 4.04. The van der Waals surface area contributed by atoms with E-state index in [1.165, 1.54) is 23.5 Å². The van der Waals surface area contributed by atoms with Crippen molar-refractivity contribution in [3.05, 3.63) is 69.7 Å². The average Bonchev–Trinajstić information content (AvgIpc) is 3.19. The van der Waals surface area contributed by atoms with Crippen LogP contribution in [0.5, 0.6) is 0 Å². The van der Waals surface area contributed by atoms with Gasteiger partial charge in [0.25, 0.3) is 5.91 Å². The second-order valence-corrected chi connectivity index (χ2v) is 5.80. The average molecular weight is 316 g/mol. The van der Waals surface area contributed by atoms with Crippen LogP contribution in [0.2, 0.25) is 0 Å². The Morgan fingerprint density at radius 1 is 1.27 bits per heavy atom. The van der Waals surface area contributed by atoms with Gasteiger partial charge in [0.15, 0.2) is 0 Å². The molecule has 0 spiro atoms. The Bertz CT molecular complexity index is 752. The molecule has 0 saturated carbocycles. The van der Waals surface area contributed by atoms with E-state index in [0.29, 0.717) is 17.8 Å². The van der Waals surface area contributed by atoms with Gasteiger partial charge >= 0.3 is 0 Å². The zero-order valence-corrected chi connectivity index (χ0v) is 12.4. The number of carbonyl (C=O) groups is 1. The van der Waals surface area contributed by atoms with Gasteiger partial charge in [0.05, 0.1) is 23.4 Å². The first-order valence-electron chi connectivity index (χ1n) is 6.66. The lowest BCUT2D eigenvalue weighted by atomic mass is 10.2. The maximum absolute atomic E-state index is 12.9. The molecule has 2 heterocycles. The largest absolute Gasteiger partial charge is 0.346 e. The molecule has 3 aromatic rings. The number of aromatic amines is 1. The molecule has 0 bridgehead atoms. The van der Waals surface area contributed by atoms with Crippen molar-refractivity contribution in [1.82, 2.24) is 20.5 Å². The highest BCUT2D eigenvalue weighted by Gasteiger charge is 2.11. The van der Waals surface area contributed by atoms with Gasteiger partial charge in [0.1, 0.15) is 10.7 Å². The number of H-pyrrole nitrogens is 1. The minimum atomic E-state index is -0.262. The number of amides is 1. The van der Waals surface area contributed by atoms with Gasteiger partial charge in [-0.05, 0) is 23.8 Å². The molecular formula is C15H13FN4OS. The highest BCUT2D eigenvalue weighted by molar-refractivity contribution is 7.13. The van der Waals surface area contributed by atoms with Crippen LogP contribution in [0.25, 0.3) is 0 Å². The number of hydrogen-bond donors (Lipinski definition) is 2. The number of halogens is 1. The van der Waals surface area contributed by atoms with Gasteiger partial charge < -0.3 is 5.32 Å². The predicted octanol–water partition coefficient (Wildman–Crippen LogP) is 2.53. The second kappa shape index (κ2) is 6.48. The Kier molecular flexibility index (Phi) is 4.24. The lowest BCUT2D eigenvalue weighted by Gasteiger charge is -2.00. The van der Waals surface area contributed by atoms with Gasteiger partial charge in [-0.2, -0.15) is 5.10 Å². The van der Waals surface area contributed by atoms with Gasteiger partial charge in [0.2, 0.25) is 0 Å². The fourth-order valence-corrected chi connectivity index (χ4v) is 2.79. The van der Waals surface area contributed by atoms with Gasteiger partial charge in [-0.15, -0.1) is 11.3 Å². The molecule has 7 heteroatoms. The highest BCUT2D eigenvalue weighted by Crippen LogP contribution is 2.17.